The summed E-state index contributed by atoms with van der Waals surface area (Å²) in [7, 11) is 1.69. The highest BCUT2D eigenvalue weighted by molar-refractivity contribution is 7.11. The Hall–Kier alpha value is -1.39. The van der Waals surface area contributed by atoms with Gasteiger partial charge in [-0.25, -0.2) is 4.98 Å². The van der Waals surface area contributed by atoms with E-state index in [-0.39, 0.29) is 12.1 Å². The van der Waals surface area contributed by atoms with Gasteiger partial charge in [0.1, 0.15) is 5.75 Å². The number of ether oxygens (including phenoxy) is 1. The van der Waals surface area contributed by atoms with Crippen LogP contribution >= 0.6 is 11.3 Å². The minimum Gasteiger partial charge on any atom is -0.497 e. The Balaban J connectivity index is 2.06. The molecule has 108 valence electrons. The molecule has 3 nitrogen and oxygen atoms in total. The quantitative estimate of drug-likeness (QED) is 0.897. The van der Waals surface area contributed by atoms with Crippen molar-refractivity contribution >= 4 is 11.3 Å². The van der Waals surface area contributed by atoms with E-state index in [0.29, 0.717) is 0 Å². The fourth-order valence-corrected chi connectivity index (χ4v) is 3.30. The predicted molar refractivity (Wildman–Crippen MR) is 84.5 cm³/mol. The molecule has 1 unspecified atom stereocenters. The van der Waals surface area contributed by atoms with Crippen molar-refractivity contribution in [3.8, 4) is 5.75 Å². The fraction of sp³-hybridized carbons (Fsp3) is 0.438. The molecule has 1 aromatic heterocycles. The number of nitrogens with one attached hydrogen (secondary N) is 1. The SMILES string of the molecule is COc1ccc([C@H](C)NC(C)c2nc(C)sc2C)cc1. The second kappa shape index (κ2) is 6.37. The second-order valence-electron chi connectivity index (χ2n) is 5.06. The molecule has 0 spiro atoms. The summed E-state index contributed by atoms with van der Waals surface area (Å²) in [5.74, 6) is 0.889. The van der Waals surface area contributed by atoms with Crippen LogP contribution in [0.15, 0.2) is 24.3 Å². The van der Waals surface area contributed by atoms with Crippen LogP contribution in [-0.2, 0) is 0 Å². The average molecular weight is 290 g/mol. The molecule has 0 bridgehead atoms. The van der Waals surface area contributed by atoms with E-state index in [9.17, 15) is 0 Å². The number of rotatable bonds is 5. The molecule has 0 saturated heterocycles. The van der Waals surface area contributed by atoms with Gasteiger partial charge in [0.15, 0.2) is 0 Å². The first kappa shape index (κ1) is 15.0. The normalized spacial score (nSPS) is 14.1. The standard InChI is InChI=1S/C16H22N2OS/c1-10(14-6-8-15(19-5)9-7-14)17-11(2)16-12(3)20-13(4)18-16/h6-11,17H,1-5H3/t10-,11?/m0/s1. The average Bonchev–Trinajstić information content (AvgIpc) is 2.78. The Morgan fingerprint density at radius 1 is 1.10 bits per heavy atom. The van der Waals surface area contributed by atoms with E-state index in [1.165, 1.54) is 10.4 Å². The molecule has 20 heavy (non-hydrogen) atoms. The monoisotopic (exact) mass is 290 g/mol. The van der Waals surface area contributed by atoms with Gasteiger partial charge in [-0.2, -0.15) is 0 Å². The van der Waals surface area contributed by atoms with Crippen LogP contribution in [0.25, 0.3) is 0 Å². The van der Waals surface area contributed by atoms with Gasteiger partial charge in [0, 0.05) is 17.0 Å². The zero-order chi connectivity index (χ0) is 14.7. The van der Waals surface area contributed by atoms with E-state index in [0.717, 1.165) is 16.5 Å². The summed E-state index contributed by atoms with van der Waals surface area (Å²) >= 11 is 1.76. The maximum atomic E-state index is 5.19. The van der Waals surface area contributed by atoms with Crippen molar-refractivity contribution in [1.82, 2.24) is 10.3 Å². The Morgan fingerprint density at radius 3 is 2.25 bits per heavy atom. The van der Waals surface area contributed by atoms with Gasteiger partial charge in [-0.3, -0.25) is 0 Å². The lowest BCUT2D eigenvalue weighted by molar-refractivity contribution is 0.414. The first-order chi connectivity index (χ1) is 9.51. The third-order valence-corrected chi connectivity index (χ3v) is 4.37. The molecule has 2 aromatic rings. The van der Waals surface area contributed by atoms with Gasteiger partial charge in [0.25, 0.3) is 0 Å². The number of methoxy groups -OCH3 is 1. The van der Waals surface area contributed by atoms with Crippen LogP contribution in [0.1, 0.15) is 47.1 Å². The highest BCUT2D eigenvalue weighted by atomic mass is 32.1. The molecule has 1 N–H and O–H groups in total. The molecule has 0 aliphatic carbocycles. The van der Waals surface area contributed by atoms with Gasteiger partial charge >= 0.3 is 0 Å². The molecule has 0 amide bonds. The first-order valence-corrected chi connectivity index (χ1v) is 7.67. The zero-order valence-electron chi connectivity index (χ0n) is 12.7. The van der Waals surface area contributed by atoms with Crippen molar-refractivity contribution in [3.05, 3.63) is 45.4 Å². The lowest BCUT2D eigenvalue weighted by Crippen LogP contribution is -2.23. The number of benzene rings is 1. The minimum atomic E-state index is 0.247. The van der Waals surface area contributed by atoms with Gasteiger partial charge in [-0.15, -0.1) is 11.3 Å². The Kier molecular flexibility index (Phi) is 4.78. The van der Waals surface area contributed by atoms with E-state index in [2.05, 4.69) is 50.1 Å². The molecule has 0 aliphatic rings. The largest absolute Gasteiger partial charge is 0.497 e. The molecule has 0 radical (unpaired) electrons. The number of nitrogens with zero attached hydrogens (tertiary/aromatic N) is 1. The van der Waals surface area contributed by atoms with E-state index in [1.807, 2.05) is 12.1 Å². The van der Waals surface area contributed by atoms with Crippen molar-refractivity contribution in [1.29, 1.82) is 0 Å². The maximum absolute atomic E-state index is 5.19. The molecular weight excluding hydrogens is 268 g/mol. The highest BCUT2D eigenvalue weighted by Crippen LogP contribution is 2.25. The van der Waals surface area contributed by atoms with Crippen molar-refractivity contribution in [2.75, 3.05) is 7.11 Å². The van der Waals surface area contributed by atoms with Crippen molar-refractivity contribution in [3.63, 3.8) is 0 Å². The van der Waals surface area contributed by atoms with E-state index < -0.39 is 0 Å². The van der Waals surface area contributed by atoms with Crippen LogP contribution < -0.4 is 10.1 Å². The first-order valence-electron chi connectivity index (χ1n) is 6.85. The van der Waals surface area contributed by atoms with Gasteiger partial charge < -0.3 is 10.1 Å². The smallest absolute Gasteiger partial charge is 0.118 e. The van der Waals surface area contributed by atoms with Gasteiger partial charge in [-0.1, -0.05) is 12.1 Å². The van der Waals surface area contributed by atoms with Gasteiger partial charge in [0.2, 0.25) is 0 Å². The van der Waals surface area contributed by atoms with Crippen LogP contribution in [0.5, 0.6) is 5.75 Å². The van der Waals surface area contributed by atoms with Crippen LogP contribution in [0.2, 0.25) is 0 Å². The summed E-state index contributed by atoms with van der Waals surface area (Å²) in [6, 6.07) is 8.71. The van der Waals surface area contributed by atoms with Gasteiger partial charge in [-0.05, 0) is 45.4 Å². The summed E-state index contributed by atoms with van der Waals surface area (Å²) in [5, 5.41) is 4.74. The molecular formula is C16H22N2OS. The summed E-state index contributed by atoms with van der Waals surface area (Å²) in [6.45, 7) is 8.53. The highest BCUT2D eigenvalue weighted by Gasteiger charge is 2.16. The van der Waals surface area contributed by atoms with Crippen LogP contribution in [0.4, 0.5) is 0 Å². The lowest BCUT2D eigenvalue weighted by atomic mass is 10.1. The molecule has 0 saturated carbocycles. The van der Waals surface area contributed by atoms with Crippen LogP contribution in [0, 0.1) is 13.8 Å². The lowest BCUT2D eigenvalue weighted by Gasteiger charge is -2.20. The van der Waals surface area contributed by atoms with Crippen molar-refractivity contribution < 1.29 is 4.74 Å². The minimum absolute atomic E-state index is 0.247. The van der Waals surface area contributed by atoms with Crippen LogP contribution in [-0.4, -0.2) is 12.1 Å². The summed E-state index contributed by atoms with van der Waals surface area (Å²) in [4.78, 5) is 5.92. The molecule has 1 heterocycles. The number of thiazole rings is 1. The number of hydrogen-bond acceptors (Lipinski definition) is 4. The molecule has 2 atom stereocenters. The summed E-state index contributed by atoms with van der Waals surface area (Å²) in [6.07, 6.45) is 0. The third kappa shape index (κ3) is 3.38. The number of aryl methyl sites for hydroxylation is 2. The Bertz CT molecular complexity index is 562. The molecule has 2 rings (SSSR count). The molecule has 0 aliphatic heterocycles. The van der Waals surface area contributed by atoms with Crippen molar-refractivity contribution in [2.45, 2.75) is 39.8 Å². The van der Waals surface area contributed by atoms with Crippen LogP contribution in [0.3, 0.4) is 0 Å². The van der Waals surface area contributed by atoms with E-state index in [1.54, 1.807) is 18.4 Å². The molecule has 1 aromatic carbocycles. The van der Waals surface area contributed by atoms with Gasteiger partial charge in [0.05, 0.1) is 17.8 Å². The second-order valence-corrected chi connectivity index (χ2v) is 6.46. The topological polar surface area (TPSA) is 34.1 Å². The van der Waals surface area contributed by atoms with E-state index in [4.69, 9.17) is 4.74 Å². The van der Waals surface area contributed by atoms with E-state index >= 15 is 0 Å². The third-order valence-electron chi connectivity index (χ3n) is 3.47. The maximum Gasteiger partial charge on any atom is 0.118 e. The Morgan fingerprint density at radius 2 is 1.75 bits per heavy atom. The molecule has 4 heteroatoms. The summed E-state index contributed by atoms with van der Waals surface area (Å²) < 4.78 is 5.19. The predicted octanol–water partition coefficient (Wildman–Crippen LogP) is 4.18. The Labute approximate surface area is 125 Å². The number of aromatic nitrogens is 1. The zero-order valence-corrected chi connectivity index (χ0v) is 13.5. The summed E-state index contributed by atoms with van der Waals surface area (Å²) in [5.41, 5.74) is 2.41. The molecule has 0 fully saturated rings. The van der Waals surface area contributed by atoms with Crippen molar-refractivity contribution in [2.24, 2.45) is 0 Å². The fourth-order valence-electron chi connectivity index (χ4n) is 2.39. The number of hydrogen-bond donors (Lipinski definition) is 1.